The van der Waals surface area contributed by atoms with E-state index in [1.807, 2.05) is 30.8 Å². The molecule has 2 heterocycles. The van der Waals surface area contributed by atoms with Crippen LogP contribution in [0.25, 0.3) is 0 Å². The fraction of sp³-hybridized carbons (Fsp3) is 0.417. The number of anilines is 1. The van der Waals surface area contributed by atoms with Crippen LogP contribution in [-0.4, -0.2) is 26.3 Å². The molecular formula is C12H17N5. The molecule has 0 fully saturated rings. The molecule has 5 heteroatoms. The van der Waals surface area contributed by atoms with Crippen LogP contribution in [0, 0.1) is 13.8 Å². The van der Waals surface area contributed by atoms with Crippen LogP contribution < -0.4 is 5.32 Å². The Kier molecular flexibility index (Phi) is 3.69. The Morgan fingerprint density at radius 1 is 1.29 bits per heavy atom. The molecule has 5 nitrogen and oxygen atoms in total. The smallest absolute Gasteiger partial charge is 0.144 e. The van der Waals surface area contributed by atoms with Gasteiger partial charge < -0.3 is 5.32 Å². The maximum absolute atomic E-state index is 4.41. The van der Waals surface area contributed by atoms with Crippen molar-refractivity contribution in [1.29, 1.82) is 0 Å². The van der Waals surface area contributed by atoms with Crippen molar-refractivity contribution in [2.45, 2.75) is 26.8 Å². The maximum atomic E-state index is 4.41. The summed E-state index contributed by atoms with van der Waals surface area (Å²) in [6.45, 7) is 5.72. The molecule has 1 N–H and O–H groups in total. The first-order valence-corrected chi connectivity index (χ1v) is 5.77. The molecule has 0 aromatic carbocycles. The molecule has 0 aliphatic carbocycles. The number of aryl methyl sites for hydroxylation is 3. The lowest BCUT2D eigenvalue weighted by Crippen LogP contribution is -2.09. The fourth-order valence-corrected chi connectivity index (χ4v) is 1.52. The lowest BCUT2D eigenvalue weighted by molar-refractivity contribution is 0.591. The highest BCUT2D eigenvalue weighted by Crippen LogP contribution is 2.05. The molecule has 17 heavy (non-hydrogen) atoms. The molecule has 0 atom stereocenters. The zero-order valence-corrected chi connectivity index (χ0v) is 10.2. The zero-order valence-electron chi connectivity index (χ0n) is 10.2. The number of hydrogen-bond acceptors (Lipinski definition) is 4. The fourth-order valence-electron chi connectivity index (χ4n) is 1.52. The van der Waals surface area contributed by atoms with Crippen molar-refractivity contribution in [1.82, 2.24) is 19.7 Å². The third kappa shape index (κ3) is 3.27. The van der Waals surface area contributed by atoms with Gasteiger partial charge >= 0.3 is 0 Å². The Bertz CT molecular complexity index is 464. The topological polar surface area (TPSA) is 55.6 Å². The lowest BCUT2D eigenvalue weighted by Gasteiger charge is -2.07. The molecule has 0 aliphatic heterocycles. The van der Waals surface area contributed by atoms with E-state index in [1.54, 1.807) is 12.4 Å². The minimum atomic E-state index is 0.841. The van der Waals surface area contributed by atoms with Gasteiger partial charge in [0, 0.05) is 25.5 Å². The number of nitrogens with zero attached hydrogens (tertiary/aromatic N) is 4. The number of nitrogens with one attached hydrogen (secondary N) is 1. The minimum absolute atomic E-state index is 0.841. The summed E-state index contributed by atoms with van der Waals surface area (Å²) in [5.41, 5.74) is 1.95. The largest absolute Gasteiger partial charge is 0.369 e. The Morgan fingerprint density at radius 2 is 2.18 bits per heavy atom. The van der Waals surface area contributed by atoms with E-state index in [4.69, 9.17) is 0 Å². The van der Waals surface area contributed by atoms with Gasteiger partial charge in [0.25, 0.3) is 0 Å². The first-order valence-electron chi connectivity index (χ1n) is 5.77. The van der Waals surface area contributed by atoms with E-state index in [-0.39, 0.29) is 0 Å². The third-order valence-electron chi connectivity index (χ3n) is 2.62. The van der Waals surface area contributed by atoms with Crippen LogP contribution in [0.3, 0.4) is 0 Å². The van der Waals surface area contributed by atoms with Gasteiger partial charge in [-0.2, -0.15) is 5.10 Å². The van der Waals surface area contributed by atoms with Gasteiger partial charge in [-0.15, -0.1) is 0 Å². The molecule has 2 rings (SSSR count). The molecule has 0 aliphatic rings. The van der Waals surface area contributed by atoms with Crippen LogP contribution in [0.1, 0.15) is 17.8 Å². The predicted molar refractivity (Wildman–Crippen MR) is 66.8 cm³/mol. The number of hydrogen-bond donors (Lipinski definition) is 1. The molecule has 0 saturated carbocycles. The van der Waals surface area contributed by atoms with Gasteiger partial charge in [-0.25, -0.2) is 4.98 Å². The number of aromatic nitrogens is 4. The van der Waals surface area contributed by atoms with Crippen LogP contribution in [0.15, 0.2) is 24.7 Å². The molecule has 2 aromatic rings. The summed E-state index contributed by atoms with van der Waals surface area (Å²) in [5.74, 6) is 0.841. The summed E-state index contributed by atoms with van der Waals surface area (Å²) in [7, 11) is 0. The van der Waals surface area contributed by atoms with Gasteiger partial charge in [0.15, 0.2) is 0 Å². The van der Waals surface area contributed by atoms with Crippen LogP contribution in [0.2, 0.25) is 0 Å². The predicted octanol–water partition coefficient (Wildman–Crippen LogP) is 1.79. The first-order chi connectivity index (χ1) is 8.25. The summed E-state index contributed by atoms with van der Waals surface area (Å²) in [4.78, 5) is 8.68. The summed E-state index contributed by atoms with van der Waals surface area (Å²) < 4.78 is 1.92. The van der Waals surface area contributed by atoms with Gasteiger partial charge in [0.05, 0.1) is 17.6 Å². The van der Waals surface area contributed by atoms with E-state index < -0.39 is 0 Å². The average Bonchev–Trinajstić information content (AvgIpc) is 2.82. The van der Waals surface area contributed by atoms with Crippen LogP contribution in [0.4, 0.5) is 5.82 Å². The van der Waals surface area contributed by atoms with E-state index in [2.05, 4.69) is 20.4 Å². The maximum Gasteiger partial charge on any atom is 0.144 e. The SMILES string of the molecule is Cc1ncc(NCCCn2cccn2)nc1C. The Hall–Kier alpha value is -1.91. The molecule has 0 spiro atoms. The Morgan fingerprint density at radius 3 is 2.88 bits per heavy atom. The Labute approximate surface area is 101 Å². The second-order valence-corrected chi connectivity index (χ2v) is 3.98. The van der Waals surface area contributed by atoms with Crippen molar-refractivity contribution in [3.8, 4) is 0 Å². The van der Waals surface area contributed by atoms with Crippen molar-refractivity contribution < 1.29 is 0 Å². The van der Waals surface area contributed by atoms with Crippen LogP contribution in [-0.2, 0) is 6.54 Å². The lowest BCUT2D eigenvalue weighted by atomic mass is 10.3. The van der Waals surface area contributed by atoms with E-state index in [0.717, 1.165) is 36.7 Å². The van der Waals surface area contributed by atoms with Gasteiger partial charge in [0.2, 0.25) is 0 Å². The summed E-state index contributed by atoms with van der Waals surface area (Å²) in [6.07, 6.45) is 6.55. The molecule has 0 unspecified atom stereocenters. The average molecular weight is 231 g/mol. The summed E-state index contributed by atoms with van der Waals surface area (Å²) in [5, 5.41) is 7.41. The van der Waals surface area contributed by atoms with Gasteiger partial charge in [-0.1, -0.05) is 0 Å². The molecule has 0 amide bonds. The van der Waals surface area contributed by atoms with Crippen LogP contribution >= 0.6 is 0 Å². The highest BCUT2D eigenvalue weighted by molar-refractivity contribution is 5.32. The highest BCUT2D eigenvalue weighted by Gasteiger charge is 1.98. The van der Waals surface area contributed by atoms with E-state index in [1.165, 1.54) is 0 Å². The second kappa shape index (κ2) is 5.43. The molecule has 0 bridgehead atoms. The molecule has 90 valence electrons. The van der Waals surface area contributed by atoms with Crippen molar-refractivity contribution in [2.24, 2.45) is 0 Å². The highest BCUT2D eigenvalue weighted by atomic mass is 15.3. The van der Waals surface area contributed by atoms with E-state index in [0.29, 0.717) is 0 Å². The van der Waals surface area contributed by atoms with E-state index in [9.17, 15) is 0 Å². The van der Waals surface area contributed by atoms with Gasteiger partial charge in [-0.05, 0) is 26.3 Å². The third-order valence-corrected chi connectivity index (χ3v) is 2.62. The molecular weight excluding hydrogens is 214 g/mol. The standard InChI is InChI=1S/C12H17N5/c1-10-11(2)16-12(9-14-10)13-5-3-7-17-8-4-6-15-17/h4,6,8-9H,3,5,7H2,1-2H3,(H,13,16). The summed E-state index contributed by atoms with van der Waals surface area (Å²) in [6, 6.07) is 1.93. The monoisotopic (exact) mass is 231 g/mol. The number of rotatable bonds is 5. The van der Waals surface area contributed by atoms with Crippen molar-refractivity contribution >= 4 is 5.82 Å². The minimum Gasteiger partial charge on any atom is -0.369 e. The van der Waals surface area contributed by atoms with Crippen molar-refractivity contribution in [3.05, 3.63) is 36.0 Å². The molecule has 0 saturated heterocycles. The normalized spacial score (nSPS) is 10.5. The second-order valence-electron chi connectivity index (χ2n) is 3.98. The quantitative estimate of drug-likeness (QED) is 0.797. The Balaban J connectivity index is 1.76. The van der Waals surface area contributed by atoms with Gasteiger partial charge in [0.1, 0.15) is 5.82 Å². The molecule has 0 radical (unpaired) electrons. The summed E-state index contributed by atoms with van der Waals surface area (Å²) >= 11 is 0. The van der Waals surface area contributed by atoms with Gasteiger partial charge in [-0.3, -0.25) is 9.67 Å². The molecule has 2 aromatic heterocycles. The first kappa shape index (κ1) is 11.6. The zero-order chi connectivity index (χ0) is 12.1. The van der Waals surface area contributed by atoms with E-state index >= 15 is 0 Å². The van der Waals surface area contributed by atoms with Crippen molar-refractivity contribution in [2.75, 3.05) is 11.9 Å². The van der Waals surface area contributed by atoms with Crippen LogP contribution in [0.5, 0.6) is 0 Å². The van der Waals surface area contributed by atoms with Crippen molar-refractivity contribution in [3.63, 3.8) is 0 Å².